The van der Waals surface area contributed by atoms with Crippen LogP contribution in [0.2, 0.25) is 5.02 Å². The highest BCUT2D eigenvalue weighted by molar-refractivity contribution is 6.33. The van der Waals surface area contributed by atoms with Gasteiger partial charge >= 0.3 is 0 Å². The maximum absolute atomic E-state index is 11.5. The third-order valence-corrected chi connectivity index (χ3v) is 5.92. The lowest BCUT2D eigenvalue weighted by Gasteiger charge is -2.37. The number of anilines is 1. The Morgan fingerprint density at radius 2 is 1.92 bits per heavy atom. The fraction of sp³-hybridized carbons (Fsp3) is 0.333. The Hall–Kier alpha value is -2.33. The zero-order chi connectivity index (χ0) is 18.4. The number of benzene rings is 2. The van der Waals surface area contributed by atoms with Crippen molar-refractivity contribution in [3.63, 3.8) is 0 Å². The number of nitrogens with zero attached hydrogens (tertiary/aromatic N) is 1. The van der Waals surface area contributed by atoms with Crippen LogP contribution in [-0.2, 0) is 0 Å². The van der Waals surface area contributed by atoms with Gasteiger partial charge in [0.25, 0.3) is 5.69 Å². The Balaban J connectivity index is 1.80. The molecule has 4 rings (SSSR count). The number of nitro groups is 1. The highest BCUT2D eigenvalue weighted by Crippen LogP contribution is 2.54. The average molecular weight is 369 g/mol. The minimum atomic E-state index is -0.308. The Morgan fingerprint density at radius 1 is 1.19 bits per heavy atom. The van der Waals surface area contributed by atoms with Crippen molar-refractivity contribution < 1.29 is 4.92 Å². The van der Waals surface area contributed by atoms with Gasteiger partial charge in [-0.05, 0) is 35.4 Å². The van der Waals surface area contributed by atoms with Gasteiger partial charge < -0.3 is 5.32 Å². The smallest absolute Gasteiger partial charge is 0.275 e. The molecule has 0 fully saturated rings. The van der Waals surface area contributed by atoms with Gasteiger partial charge in [0, 0.05) is 12.0 Å². The van der Waals surface area contributed by atoms with Crippen LogP contribution in [0.4, 0.5) is 11.4 Å². The maximum atomic E-state index is 11.5. The summed E-state index contributed by atoms with van der Waals surface area (Å²) in [6.07, 6.45) is 5.13. The molecule has 0 amide bonds. The fourth-order valence-electron chi connectivity index (χ4n) is 4.23. The molecular weight excluding hydrogens is 348 g/mol. The molecule has 1 aliphatic carbocycles. The maximum Gasteiger partial charge on any atom is 0.275 e. The summed E-state index contributed by atoms with van der Waals surface area (Å²) in [5.41, 5.74) is 4.07. The van der Waals surface area contributed by atoms with E-state index in [2.05, 4.69) is 55.6 Å². The second-order valence-corrected chi connectivity index (χ2v) is 7.82. The summed E-state index contributed by atoms with van der Waals surface area (Å²) >= 11 is 6.42. The molecule has 0 unspecified atom stereocenters. The van der Waals surface area contributed by atoms with Crippen LogP contribution in [0.15, 0.2) is 48.6 Å². The molecular formula is C21H21ClN2O2. The highest BCUT2D eigenvalue weighted by Gasteiger charge is 2.42. The first-order valence-corrected chi connectivity index (χ1v) is 9.35. The first-order valence-electron chi connectivity index (χ1n) is 8.97. The Morgan fingerprint density at radius 3 is 2.58 bits per heavy atom. The Kier molecular flexibility index (Phi) is 4.23. The van der Waals surface area contributed by atoms with Crippen molar-refractivity contribution in [3.05, 3.63) is 80.4 Å². The van der Waals surface area contributed by atoms with Crippen LogP contribution in [0.5, 0.6) is 0 Å². The predicted octanol–water partition coefficient (Wildman–Crippen LogP) is 6.20. The third kappa shape index (κ3) is 2.69. The van der Waals surface area contributed by atoms with Gasteiger partial charge in [-0.1, -0.05) is 61.9 Å². The van der Waals surface area contributed by atoms with E-state index in [-0.39, 0.29) is 28.5 Å². The van der Waals surface area contributed by atoms with E-state index in [1.54, 1.807) is 6.07 Å². The van der Waals surface area contributed by atoms with Crippen molar-refractivity contribution >= 4 is 23.0 Å². The van der Waals surface area contributed by atoms with Crippen molar-refractivity contribution in [1.82, 2.24) is 0 Å². The second kappa shape index (κ2) is 6.44. The largest absolute Gasteiger partial charge is 0.376 e. The Bertz CT molecular complexity index is 890. The molecule has 1 aliphatic heterocycles. The van der Waals surface area contributed by atoms with Crippen molar-refractivity contribution in [3.8, 4) is 0 Å². The number of allylic oxidation sites excluding steroid dienone is 2. The number of halogens is 1. The van der Waals surface area contributed by atoms with Gasteiger partial charge in [0.1, 0.15) is 0 Å². The number of nitrogens with one attached hydrogen (secondary N) is 1. The monoisotopic (exact) mass is 368 g/mol. The van der Waals surface area contributed by atoms with Gasteiger partial charge in [0.15, 0.2) is 0 Å². The molecule has 2 aromatic rings. The number of hydrogen-bond acceptors (Lipinski definition) is 3. The third-order valence-electron chi connectivity index (χ3n) is 5.60. The number of hydrogen-bond donors (Lipinski definition) is 1. The lowest BCUT2D eigenvalue weighted by atomic mass is 9.76. The molecule has 3 atom stereocenters. The molecule has 5 heteroatoms. The molecule has 0 aromatic heterocycles. The van der Waals surface area contributed by atoms with E-state index in [1.165, 1.54) is 17.2 Å². The molecule has 2 aliphatic rings. The van der Waals surface area contributed by atoms with Crippen LogP contribution in [-0.4, -0.2) is 4.92 Å². The first-order chi connectivity index (χ1) is 12.5. The van der Waals surface area contributed by atoms with Crippen LogP contribution in [0.3, 0.4) is 0 Å². The van der Waals surface area contributed by atoms with Crippen LogP contribution in [0.1, 0.15) is 54.8 Å². The summed E-state index contributed by atoms with van der Waals surface area (Å²) in [7, 11) is 0. The van der Waals surface area contributed by atoms with E-state index in [4.69, 9.17) is 11.6 Å². The van der Waals surface area contributed by atoms with Crippen molar-refractivity contribution in [2.24, 2.45) is 5.92 Å². The highest BCUT2D eigenvalue weighted by atomic mass is 35.5. The quantitative estimate of drug-likeness (QED) is 0.398. The molecule has 1 heterocycles. The first kappa shape index (κ1) is 17.1. The molecule has 134 valence electrons. The molecule has 0 saturated carbocycles. The van der Waals surface area contributed by atoms with Crippen LogP contribution >= 0.6 is 11.6 Å². The predicted molar refractivity (Wildman–Crippen MR) is 105 cm³/mol. The SMILES string of the molecule is CC(C)c1ccc([C@@H]2Nc3c(Cl)ccc([N+](=O)[O-])c3[C@H]3C=CC[C@@H]32)cc1. The minimum absolute atomic E-state index is 0.0140. The molecule has 1 N–H and O–H groups in total. The van der Waals surface area contributed by atoms with Crippen LogP contribution in [0, 0.1) is 16.0 Å². The van der Waals surface area contributed by atoms with Crippen molar-refractivity contribution in [1.29, 1.82) is 0 Å². The van der Waals surface area contributed by atoms with Gasteiger partial charge in [-0.3, -0.25) is 10.1 Å². The van der Waals surface area contributed by atoms with Gasteiger partial charge in [-0.15, -0.1) is 0 Å². The van der Waals surface area contributed by atoms with E-state index in [0.29, 0.717) is 16.6 Å². The number of fused-ring (bicyclic) bond motifs is 3. The summed E-state index contributed by atoms with van der Waals surface area (Å²) < 4.78 is 0. The lowest BCUT2D eigenvalue weighted by molar-refractivity contribution is -0.385. The lowest BCUT2D eigenvalue weighted by Crippen LogP contribution is -2.29. The molecule has 4 nitrogen and oxygen atoms in total. The van der Waals surface area contributed by atoms with Crippen LogP contribution in [0.25, 0.3) is 0 Å². The molecule has 0 spiro atoms. The van der Waals surface area contributed by atoms with Crippen molar-refractivity contribution in [2.45, 2.75) is 38.1 Å². The molecule has 2 aromatic carbocycles. The Labute approximate surface area is 158 Å². The van der Waals surface area contributed by atoms with Gasteiger partial charge in [0.05, 0.1) is 27.2 Å². The standard InChI is InChI=1S/C21H21ClN2O2/c1-12(2)13-6-8-14(9-7-13)20-16-5-3-4-15(16)19-18(24(25)26)11-10-17(22)21(19)23-20/h3-4,6-12,15-16,20,23H,5H2,1-2H3/t15-,16-,20-/m0/s1. The van der Waals surface area contributed by atoms with E-state index in [1.807, 2.05) is 0 Å². The zero-order valence-corrected chi connectivity index (χ0v) is 15.5. The topological polar surface area (TPSA) is 55.2 Å². The van der Waals surface area contributed by atoms with E-state index >= 15 is 0 Å². The summed E-state index contributed by atoms with van der Waals surface area (Å²) in [5.74, 6) is 0.756. The molecule has 0 radical (unpaired) electrons. The zero-order valence-electron chi connectivity index (χ0n) is 14.8. The summed E-state index contributed by atoms with van der Waals surface area (Å²) in [5, 5.41) is 15.6. The fourth-order valence-corrected chi connectivity index (χ4v) is 4.45. The van der Waals surface area contributed by atoms with E-state index in [0.717, 1.165) is 12.0 Å². The minimum Gasteiger partial charge on any atom is -0.376 e. The second-order valence-electron chi connectivity index (χ2n) is 7.41. The average Bonchev–Trinajstić information content (AvgIpc) is 3.11. The summed E-state index contributed by atoms with van der Waals surface area (Å²) in [6.45, 7) is 4.36. The van der Waals surface area contributed by atoms with E-state index < -0.39 is 0 Å². The van der Waals surface area contributed by atoms with E-state index in [9.17, 15) is 10.1 Å². The van der Waals surface area contributed by atoms with Crippen molar-refractivity contribution in [2.75, 3.05) is 5.32 Å². The van der Waals surface area contributed by atoms with Gasteiger partial charge in [0.2, 0.25) is 0 Å². The number of rotatable bonds is 3. The molecule has 26 heavy (non-hydrogen) atoms. The van der Waals surface area contributed by atoms with Crippen LogP contribution < -0.4 is 5.32 Å². The van der Waals surface area contributed by atoms with Gasteiger partial charge in [-0.25, -0.2) is 0 Å². The number of nitro benzene ring substituents is 1. The molecule has 0 bridgehead atoms. The van der Waals surface area contributed by atoms with Gasteiger partial charge in [-0.2, -0.15) is 0 Å². The summed E-state index contributed by atoms with van der Waals surface area (Å²) in [6, 6.07) is 11.9. The summed E-state index contributed by atoms with van der Waals surface area (Å²) in [4.78, 5) is 11.2. The normalized spacial score (nSPS) is 23.5. The molecule has 0 saturated heterocycles.